The fourth-order valence-corrected chi connectivity index (χ4v) is 3.99. The zero-order valence-corrected chi connectivity index (χ0v) is 17.8. The van der Waals surface area contributed by atoms with E-state index in [4.69, 9.17) is 4.74 Å². The lowest BCUT2D eigenvalue weighted by Gasteiger charge is -2.25. The van der Waals surface area contributed by atoms with Crippen LogP contribution in [0.15, 0.2) is 42.5 Å². The number of nitrogens with one attached hydrogen (secondary N) is 1. The van der Waals surface area contributed by atoms with E-state index in [0.29, 0.717) is 17.9 Å². The Morgan fingerprint density at radius 3 is 2.29 bits per heavy atom. The highest BCUT2D eigenvalue weighted by Gasteiger charge is 2.23. The van der Waals surface area contributed by atoms with Gasteiger partial charge in [0, 0.05) is 0 Å². The van der Waals surface area contributed by atoms with Crippen LogP contribution < -0.4 is 14.4 Å². The number of aryl methyl sites for hydroxylation is 2. The maximum atomic E-state index is 12.7. The van der Waals surface area contributed by atoms with Gasteiger partial charge in [-0.15, -0.1) is 0 Å². The molecule has 0 aliphatic heterocycles. The first-order valence-corrected chi connectivity index (χ1v) is 11.0. The third-order valence-electron chi connectivity index (χ3n) is 4.59. The predicted octanol–water partition coefficient (Wildman–Crippen LogP) is 3.35. The van der Waals surface area contributed by atoms with Crippen LogP contribution >= 0.6 is 0 Å². The number of sulfonamides is 1. The Morgan fingerprint density at radius 1 is 1.14 bits per heavy atom. The number of rotatable bonds is 8. The number of carbonyl (C=O) groups is 1. The molecule has 1 amide bonds. The second-order valence-corrected chi connectivity index (χ2v) is 8.76. The summed E-state index contributed by atoms with van der Waals surface area (Å²) in [5, 5.41) is 2.97. The number of amides is 1. The van der Waals surface area contributed by atoms with Crippen molar-refractivity contribution in [1.82, 2.24) is 5.32 Å². The van der Waals surface area contributed by atoms with Crippen LogP contribution in [0, 0.1) is 13.8 Å². The SMILES string of the molecule is CC[C@@H](NC(=O)CN(c1ccc(OC)cc1)S(C)(=O)=O)c1ccc(C)cc1C. The lowest BCUT2D eigenvalue weighted by atomic mass is 9.97. The van der Waals surface area contributed by atoms with Crippen molar-refractivity contribution in [2.45, 2.75) is 33.2 Å². The van der Waals surface area contributed by atoms with Gasteiger partial charge in [-0.2, -0.15) is 0 Å². The van der Waals surface area contributed by atoms with Crippen molar-refractivity contribution in [3.05, 3.63) is 59.2 Å². The second-order valence-electron chi connectivity index (χ2n) is 6.86. The van der Waals surface area contributed by atoms with E-state index >= 15 is 0 Å². The normalized spacial score (nSPS) is 12.3. The average Bonchev–Trinajstić information content (AvgIpc) is 2.64. The molecule has 0 aliphatic rings. The van der Waals surface area contributed by atoms with Crippen molar-refractivity contribution < 1.29 is 17.9 Å². The Morgan fingerprint density at radius 2 is 1.79 bits per heavy atom. The maximum absolute atomic E-state index is 12.7. The summed E-state index contributed by atoms with van der Waals surface area (Å²) in [7, 11) is -2.09. The number of hydrogen-bond acceptors (Lipinski definition) is 4. The lowest BCUT2D eigenvalue weighted by Crippen LogP contribution is -2.41. The van der Waals surface area contributed by atoms with Crippen LogP contribution in [0.1, 0.15) is 36.1 Å². The quantitative estimate of drug-likeness (QED) is 0.732. The zero-order chi connectivity index (χ0) is 20.9. The van der Waals surface area contributed by atoms with E-state index in [1.807, 2.05) is 32.9 Å². The number of carbonyl (C=O) groups excluding carboxylic acids is 1. The predicted molar refractivity (Wildman–Crippen MR) is 112 cm³/mol. The number of benzene rings is 2. The summed E-state index contributed by atoms with van der Waals surface area (Å²) < 4.78 is 30.7. The average molecular weight is 405 g/mol. The summed E-state index contributed by atoms with van der Waals surface area (Å²) in [6.07, 6.45) is 1.79. The van der Waals surface area contributed by atoms with Crippen molar-refractivity contribution in [1.29, 1.82) is 0 Å². The Hall–Kier alpha value is -2.54. The fraction of sp³-hybridized carbons (Fsp3) is 0.381. The van der Waals surface area contributed by atoms with Gasteiger partial charge in [0.2, 0.25) is 15.9 Å². The highest BCUT2D eigenvalue weighted by Crippen LogP contribution is 2.23. The molecule has 0 heterocycles. The van der Waals surface area contributed by atoms with Crippen molar-refractivity contribution >= 4 is 21.6 Å². The standard InChI is InChI=1S/C21H28N2O4S/c1-6-20(19-12-7-15(2)13-16(19)3)22-21(24)14-23(28(5,25)26)17-8-10-18(27-4)11-9-17/h7-13,20H,6,14H2,1-5H3,(H,22,24)/t20-/m1/s1. The molecule has 2 rings (SSSR count). The summed E-state index contributed by atoms with van der Waals surface area (Å²) in [4.78, 5) is 12.7. The van der Waals surface area contributed by atoms with Gasteiger partial charge < -0.3 is 10.1 Å². The van der Waals surface area contributed by atoms with Crippen LogP contribution in [0.5, 0.6) is 5.75 Å². The summed E-state index contributed by atoms with van der Waals surface area (Å²) in [5.74, 6) is 0.260. The van der Waals surface area contributed by atoms with Crippen LogP contribution in [0.4, 0.5) is 5.69 Å². The third-order valence-corrected chi connectivity index (χ3v) is 5.73. The highest BCUT2D eigenvalue weighted by molar-refractivity contribution is 7.92. The molecule has 6 nitrogen and oxygen atoms in total. The van der Waals surface area contributed by atoms with Crippen LogP contribution in [0.2, 0.25) is 0 Å². The van der Waals surface area contributed by atoms with Gasteiger partial charge in [-0.05, 0) is 55.7 Å². The molecule has 0 fully saturated rings. The number of anilines is 1. The van der Waals surface area contributed by atoms with Gasteiger partial charge in [0.15, 0.2) is 0 Å². The molecule has 0 aromatic heterocycles. The molecule has 0 unspecified atom stereocenters. The largest absolute Gasteiger partial charge is 0.497 e. The van der Waals surface area contributed by atoms with Crippen LogP contribution in [-0.4, -0.2) is 34.2 Å². The Kier molecular flexibility index (Phi) is 7.07. The molecule has 1 atom stereocenters. The smallest absolute Gasteiger partial charge is 0.241 e. The summed E-state index contributed by atoms with van der Waals surface area (Å²) >= 11 is 0. The first-order valence-electron chi connectivity index (χ1n) is 9.14. The van der Waals surface area contributed by atoms with Crippen LogP contribution in [0.3, 0.4) is 0 Å². The monoisotopic (exact) mass is 404 g/mol. The third kappa shape index (κ3) is 5.48. The van der Waals surface area contributed by atoms with Gasteiger partial charge in [0.25, 0.3) is 0 Å². The van der Waals surface area contributed by atoms with Crippen molar-refractivity contribution in [3.63, 3.8) is 0 Å². The molecule has 0 radical (unpaired) electrons. The zero-order valence-electron chi connectivity index (χ0n) is 17.0. The van der Waals surface area contributed by atoms with Crippen LogP contribution in [-0.2, 0) is 14.8 Å². The fourth-order valence-electron chi connectivity index (χ4n) is 3.14. The molecule has 0 aliphatic carbocycles. The van der Waals surface area contributed by atoms with E-state index in [2.05, 4.69) is 11.4 Å². The summed E-state index contributed by atoms with van der Waals surface area (Å²) in [6, 6.07) is 12.5. The number of nitrogens with zero attached hydrogens (tertiary/aromatic N) is 1. The summed E-state index contributed by atoms with van der Waals surface area (Å²) in [5.41, 5.74) is 3.71. The molecule has 28 heavy (non-hydrogen) atoms. The Bertz CT molecular complexity index is 924. The van der Waals surface area contributed by atoms with E-state index in [9.17, 15) is 13.2 Å². The van der Waals surface area contributed by atoms with Crippen molar-refractivity contribution in [2.24, 2.45) is 0 Å². The number of ether oxygens (including phenoxy) is 1. The van der Waals surface area contributed by atoms with E-state index < -0.39 is 10.0 Å². The van der Waals surface area contributed by atoms with Gasteiger partial charge in [0.1, 0.15) is 12.3 Å². The second kappa shape index (κ2) is 9.10. The molecule has 0 saturated carbocycles. The minimum absolute atomic E-state index is 0.176. The topological polar surface area (TPSA) is 75.7 Å². The molecule has 7 heteroatoms. The first kappa shape index (κ1) is 21.8. The molecule has 2 aromatic rings. The number of hydrogen-bond donors (Lipinski definition) is 1. The van der Waals surface area contributed by atoms with E-state index in [0.717, 1.165) is 27.3 Å². The van der Waals surface area contributed by atoms with E-state index in [1.165, 1.54) is 7.11 Å². The first-order chi connectivity index (χ1) is 13.2. The van der Waals surface area contributed by atoms with Gasteiger partial charge in [-0.25, -0.2) is 8.42 Å². The van der Waals surface area contributed by atoms with Crippen molar-refractivity contribution in [3.8, 4) is 5.75 Å². The Balaban J connectivity index is 2.20. The van der Waals surface area contributed by atoms with Crippen molar-refractivity contribution in [2.75, 3.05) is 24.2 Å². The molecule has 0 bridgehead atoms. The molecular formula is C21H28N2O4S. The molecule has 152 valence electrons. The van der Waals surface area contributed by atoms with Gasteiger partial charge in [-0.1, -0.05) is 30.7 Å². The molecule has 1 N–H and O–H groups in total. The highest BCUT2D eigenvalue weighted by atomic mass is 32.2. The minimum Gasteiger partial charge on any atom is -0.497 e. The van der Waals surface area contributed by atoms with E-state index in [-0.39, 0.29) is 18.5 Å². The molecule has 0 spiro atoms. The molecule has 0 saturated heterocycles. The van der Waals surface area contributed by atoms with E-state index in [1.54, 1.807) is 24.3 Å². The Labute approximate surface area is 167 Å². The molecule has 2 aromatic carbocycles. The molecular weight excluding hydrogens is 376 g/mol. The van der Waals surface area contributed by atoms with Gasteiger partial charge in [-0.3, -0.25) is 9.10 Å². The van der Waals surface area contributed by atoms with Gasteiger partial charge >= 0.3 is 0 Å². The number of methoxy groups -OCH3 is 1. The van der Waals surface area contributed by atoms with Crippen LogP contribution in [0.25, 0.3) is 0 Å². The lowest BCUT2D eigenvalue weighted by molar-refractivity contribution is -0.120. The minimum atomic E-state index is -3.62. The maximum Gasteiger partial charge on any atom is 0.241 e. The summed E-state index contributed by atoms with van der Waals surface area (Å²) in [6.45, 7) is 5.74. The van der Waals surface area contributed by atoms with Gasteiger partial charge in [0.05, 0.1) is 25.1 Å².